The molecule has 89 heavy (non-hydrogen) atoms. The van der Waals surface area contributed by atoms with E-state index in [1.807, 2.05) is 0 Å². The molecule has 3 aliphatic heterocycles. The molecule has 9 amide bonds. The van der Waals surface area contributed by atoms with Crippen LogP contribution in [0.4, 0.5) is 4.79 Å². The number of carbonyl (C=O) groups excluding carboxylic acids is 9. The van der Waals surface area contributed by atoms with Crippen molar-refractivity contribution < 1.29 is 67.9 Å². The maximum absolute atomic E-state index is 13.2. The summed E-state index contributed by atoms with van der Waals surface area (Å²) in [6.45, 7) is 1.99. The number of carbonyl (C=O) groups is 9. The van der Waals surface area contributed by atoms with Crippen LogP contribution in [-0.2, 0) is 47.8 Å². The lowest BCUT2D eigenvalue weighted by Gasteiger charge is -2.44. The van der Waals surface area contributed by atoms with Crippen LogP contribution in [0.2, 0.25) is 0 Å². The first-order valence-electron chi connectivity index (χ1n) is 31.2. The number of nitrogens with two attached hydrogens (primary N) is 9. The van der Waals surface area contributed by atoms with Gasteiger partial charge in [0.25, 0.3) is 0 Å². The van der Waals surface area contributed by atoms with Gasteiger partial charge in [-0.2, -0.15) is 0 Å². The average Bonchev–Trinajstić information content (AvgIpc) is 2.31. The maximum atomic E-state index is 13.2. The standard InChI is InChI=1S/C55H106N20O14/c56-15-1-8-31(57)22-40(78)65-16-2-9-32(58)23-41(79)66-17-3-10-33(59)24-42(80)67-18-4-11-34(60)25-43(81)68-19-5-12-35(61)26-44(82)69-20-6-13-36(62)27-45(83)70-21-7-14-37(63)28-46(84)72-49-50(85)51(89-54(64)87)39(30-76)88-53(49)75-55-73-47-38(77)29-71-52(86)48(47)74-55/h31-39,47-51,53,76-77,85H,1-30,56-63H2,(H2,64,87)(H,65,78)(H,66,79)(H,67,80)(H,68,81)(H,69,82)(H,70,83)(H,71,86)(H,72,84)(H2,73,74,75)/t31-,32-,33-,34-,35-,36-,37-,38+,39+,47+,48-,49+,50-,51-,53+/m0/s1. The number of fused-ring (bicyclic) bond motifs is 1. The third kappa shape index (κ3) is 32.4. The number of guanidine groups is 1. The summed E-state index contributed by atoms with van der Waals surface area (Å²) in [5.41, 5.74) is 53.6. The van der Waals surface area contributed by atoms with Crippen LogP contribution in [0.15, 0.2) is 4.99 Å². The monoisotopic (exact) mass is 1270 g/mol. The fourth-order valence-electron chi connectivity index (χ4n) is 10.3. The van der Waals surface area contributed by atoms with Crippen molar-refractivity contribution in [3.63, 3.8) is 0 Å². The molecule has 0 aromatic carbocycles. The van der Waals surface area contributed by atoms with Crippen molar-refractivity contribution in [2.45, 2.75) is 226 Å². The van der Waals surface area contributed by atoms with Crippen molar-refractivity contribution in [3.8, 4) is 0 Å². The van der Waals surface area contributed by atoms with Gasteiger partial charge in [-0.05, 0) is 96.4 Å². The summed E-state index contributed by atoms with van der Waals surface area (Å²) in [4.78, 5) is 116. The summed E-state index contributed by atoms with van der Waals surface area (Å²) in [5.74, 6) is -2.28. The Morgan fingerprint density at radius 3 is 1.20 bits per heavy atom. The van der Waals surface area contributed by atoms with Crippen molar-refractivity contribution >= 4 is 59.3 Å². The summed E-state index contributed by atoms with van der Waals surface area (Å²) in [6.07, 6.45) is 0.207. The molecule has 0 spiro atoms. The molecule has 3 heterocycles. The highest BCUT2D eigenvalue weighted by atomic mass is 16.6. The number of nitrogens with zero attached hydrogens (tertiary/aromatic N) is 1. The molecule has 34 nitrogen and oxygen atoms in total. The van der Waals surface area contributed by atoms with Gasteiger partial charge in [-0.3, -0.25) is 38.4 Å². The molecule has 0 unspecified atom stereocenters. The molecule has 0 aromatic rings. The lowest BCUT2D eigenvalue weighted by molar-refractivity contribution is -0.198. The average molecular weight is 1270 g/mol. The zero-order valence-electron chi connectivity index (χ0n) is 51.3. The molecule has 0 radical (unpaired) electrons. The summed E-state index contributed by atoms with van der Waals surface area (Å²) in [7, 11) is 0. The number of primary amides is 1. The van der Waals surface area contributed by atoms with E-state index in [1.165, 1.54) is 0 Å². The van der Waals surface area contributed by atoms with Gasteiger partial charge in [-0.1, -0.05) is 0 Å². The minimum atomic E-state index is -1.66. The molecule has 510 valence electrons. The molecule has 3 aliphatic rings. The third-order valence-corrected chi connectivity index (χ3v) is 15.2. The Kier molecular flexibility index (Phi) is 37.0. The number of amides is 9. The Morgan fingerprint density at radius 2 is 0.888 bits per heavy atom. The molecule has 34 heteroatoms. The number of ether oxygens (including phenoxy) is 2. The molecule has 0 aliphatic carbocycles. The second-order valence-corrected chi connectivity index (χ2v) is 23.4. The van der Waals surface area contributed by atoms with E-state index in [0.717, 1.165) is 6.42 Å². The number of aliphatic hydroxyl groups is 3. The van der Waals surface area contributed by atoms with Crippen LogP contribution in [0.1, 0.15) is 135 Å². The third-order valence-electron chi connectivity index (χ3n) is 15.2. The van der Waals surface area contributed by atoms with Crippen LogP contribution in [-0.4, -0.2) is 225 Å². The largest absolute Gasteiger partial charge is 0.441 e. The second-order valence-electron chi connectivity index (χ2n) is 23.4. The number of rotatable bonds is 45. The van der Waals surface area contributed by atoms with Gasteiger partial charge in [0.2, 0.25) is 47.3 Å². The SMILES string of the molecule is NCCC[C@H](N)CC(=O)NCCC[C@H](N)CC(=O)NCCC[C@H](N)CC(=O)NCCC[C@H](N)CC(=O)NCCC[C@H](N)CC(=O)NCCC[C@H](N)CC(=O)NCCC[C@H](N)CC(=O)N[C@@H]1[C@H](O)[C@@H](OC(N)=O)[C@@H](CO)O[C@H]1NC1=N[C@@H]2C(=O)NC[C@@H](O)[C@H]2N1. The van der Waals surface area contributed by atoms with Crippen LogP contribution < -0.4 is 105 Å². The van der Waals surface area contributed by atoms with Gasteiger partial charge in [0.1, 0.15) is 18.2 Å². The highest BCUT2D eigenvalue weighted by Crippen LogP contribution is 2.24. The predicted octanol–water partition coefficient (Wildman–Crippen LogP) is -8.07. The molecule has 3 rings (SSSR count). The number of piperidine rings is 1. The van der Waals surface area contributed by atoms with Gasteiger partial charge in [-0.25, -0.2) is 9.79 Å². The van der Waals surface area contributed by atoms with Gasteiger partial charge in [0.05, 0.1) is 18.8 Å². The molecule has 31 N–H and O–H groups in total. The number of β-amino-alcohol motifs (C(OH)–C–C–N with tert-alkyl or cyclic N) is 1. The lowest BCUT2D eigenvalue weighted by atomic mass is 9.95. The summed E-state index contributed by atoms with van der Waals surface area (Å²) in [5, 5.41) is 59.4. The van der Waals surface area contributed by atoms with Crippen LogP contribution in [0.25, 0.3) is 0 Å². The molecule has 0 aromatic heterocycles. The van der Waals surface area contributed by atoms with E-state index in [0.29, 0.717) is 123 Å². The number of hydrogen-bond acceptors (Lipinski definition) is 25. The topological polar surface area (TPSA) is 600 Å². The van der Waals surface area contributed by atoms with E-state index in [9.17, 15) is 58.5 Å². The predicted molar refractivity (Wildman–Crippen MR) is 328 cm³/mol. The van der Waals surface area contributed by atoms with E-state index < -0.39 is 97.5 Å². The molecule has 0 bridgehead atoms. The smallest absolute Gasteiger partial charge is 0.404 e. The van der Waals surface area contributed by atoms with E-state index in [2.05, 4.69) is 58.2 Å². The second kappa shape index (κ2) is 42.7. The van der Waals surface area contributed by atoms with E-state index >= 15 is 0 Å². The van der Waals surface area contributed by atoms with E-state index in [-0.39, 0.29) is 118 Å². The van der Waals surface area contributed by atoms with Crippen molar-refractivity contribution in [1.82, 2.24) is 53.2 Å². The number of aliphatic hydroxyl groups excluding tert-OH is 3. The first kappa shape index (κ1) is 77.1. The number of aliphatic imine (C=N–C) groups is 1. The zero-order chi connectivity index (χ0) is 65.8. The van der Waals surface area contributed by atoms with Gasteiger partial charge in [-0.15, -0.1) is 0 Å². The lowest BCUT2D eigenvalue weighted by Crippen LogP contribution is -2.70. The van der Waals surface area contributed by atoms with Gasteiger partial charge >= 0.3 is 6.09 Å². The number of hydrogen-bond donors (Lipinski definition) is 22. The van der Waals surface area contributed by atoms with Crippen LogP contribution in [0, 0.1) is 0 Å². The minimum absolute atomic E-state index is 0.00243. The zero-order valence-corrected chi connectivity index (χ0v) is 51.3. The first-order chi connectivity index (χ1) is 42.4. The van der Waals surface area contributed by atoms with Gasteiger partial charge < -0.3 is 130 Å². The molecular formula is C55H106N20O14. The Labute approximate surface area is 520 Å². The van der Waals surface area contributed by atoms with Crippen LogP contribution in [0.3, 0.4) is 0 Å². The van der Waals surface area contributed by atoms with E-state index in [4.69, 9.17) is 61.1 Å². The highest BCUT2D eigenvalue weighted by Gasteiger charge is 2.50. The summed E-state index contributed by atoms with van der Waals surface area (Å²) >= 11 is 0. The molecule has 15 atom stereocenters. The van der Waals surface area contributed by atoms with Crippen molar-refractivity contribution in [3.05, 3.63) is 0 Å². The Hall–Kier alpha value is -6.18. The molecular weight excluding hydrogens is 1160 g/mol. The Bertz CT molecular complexity index is 2230. The fourth-order valence-corrected chi connectivity index (χ4v) is 10.3. The molecule has 2 fully saturated rings. The highest BCUT2D eigenvalue weighted by molar-refractivity contribution is 5.93. The van der Waals surface area contributed by atoms with Crippen molar-refractivity contribution in [1.29, 1.82) is 0 Å². The fraction of sp³-hybridized carbons (Fsp3) is 0.818. The summed E-state index contributed by atoms with van der Waals surface area (Å²) in [6, 6.07) is -6.00. The number of nitrogens with one attached hydrogen (secondary N) is 10. The normalized spacial score (nSPS) is 22.8. The molecule has 2 saturated heterocycles. The van der Waals surface area contributed by atoms with Gasteiger partial charge in [0.15, 0.2) is 24.3 Å². The summed E-state index contributed by atoms with van der Waals surface area (Å²) < 4.78 is 10.9. The molecule has 0 saturated carbocycles. The minimum Gasteiger partial charge on any atom is -0.441 e. The van der Waals surface area contributed by atoms with Crippen molar-refractivity contribution in [2.24, 2.45) is 56.6 Å². The van der Waals surface area contributed by atoms with Crippen LogP contribution >= 0.6 is 0 Å². The van der Waals surface area contributed by atoms with Crippen LogP contribution in [0.5, 0.6) is 0 Å². The van der Waals surface area contributed by atoms with E-state index in [1.54, 1.807) is 0 Å². The van der Waals surface area contributed by atoms with Crippen molar-refractivity contribution in [2.75, 3.05) is 59.0 Å². The first-order valence-corrected chi connectivity index (χ1v) is 31.2. The Balaban J connectivity index is 1.16. The Morgan fingerprint density at radius 1 is 0.551 bits per heavy atom. The van der Waals surface area contributed by atoms with Gasteiger partial charge in [0, 0.05) is 133 Å². The maximum Gasteiger partial charge on any atom is 0.404 e. The quantitative estimate of drug-likeness (QED) is 0.0252.